The number of carbonyl (C=O) groups is 1. The van der Waals surface area contributed by atoms with Crippen LogP contribution < -0.4 is 10.1 Å². The van der Waals surface area contributed by atoms with E-state index in [0.717, 1.165) is 34.9 Å². The zero-order valence-corrected chi connectivity index (χ0v) is 16.6. The minimum Gasteiger partial charge on any atom is -0.496 e. The average Bonchev–Trinajstić information content (AvgIpc) is 2.71. The van der Waals surface area contributed by atoms with E-state index in [1.165, 1.54) is 0 Å². The number of urea groups is 1. The van der Waals surface area contributed by atoms with E-state index in [-0.39, 0.29) is 17.7 Å². The highest BCUT2D eigenvalue weighted by Crippen LogP contribution is 2.32. The van der Waals surface area contributed by atoms with Gasteiger partial charge < -0.3 is 24.4 Å². The maximum absolute atomic E-state index is 13.0. The number of morpholine rings is 1. The molecule has 2 heterocycles. The SMILES string of the molecule is COc1ccc2ccccc2c1CNC(=O)N1CC(C)OC2(CCOCC2)C1. The number of rotatable bonds is 3. The molecule has 1 spiro atoms. The molecule has 2 aliphatic heterocycles. The van der Waals surface area contributed by atoms with Crippen LogP contribution in [0, 0.1) is 0 Å². The zero-order chi connectivity index (χ0) is 19.6. The number of hydrogen-bond donors (Lipinski definition) is 1. The first-order valence-corrected chi connectivity index (χ1v) is 9.93. The van der Waals surface area contributed by atoms with E-state index in [1.54, 1.807) is 7.11 Å². The number of fused-ring (bicyclic) bond motifs is 1. The van der Waals surface area contributed by atoms with E-state index >= 15 is 0 Å². The van der Waals surface area contributed by atoms with Gasteiger partial charge in [-0.15, -0.1) is 0 Å². The van der Waals surface area contributed by atoms with Crippen molar-refractivity contribution in [3.63, 3.8) is 0 Å². The third-order valence-corrected chi connectivity index (χ3v) is 5.73. The minimum absolute atomic E-state index is 0.0182. The number of methoxy groups -OCH3 is 1. The molecule has 2 aliphatic rings. The van der Waals surface area contributed by atoms with Gasteiger partial charge in [0.15, 0.2) is 0 Å². The number of benzene rings is 2. The lowest BCUT2D eigenvalue weighted by atomic mass is 9.91. The minimum atomic E-state index is -0.273. The summed E-state index contributed by atoms with van der Waals surface area (Å²) in [5.74, 6) is 0.787. The van der Waals surface area contributed by atoms with Crippen molar-refractivity contribution in [2.24, 2.45) is 0 Å². The summed E-state index contributed by atoms with van der Waals surface area (Å²) >= 11 is 0. The Morgan fingerprint density at radius 3 is 2.82 bits per heavy atom. The van der Waals surface area contributed by atoms with Crippen molar-refractivity contribution < 1.29 is 19.0 Å². The second-order valence-electron chi connectivity index (χ2n) is 7.73. The Bertz CT molecular complexity index is 848. The van der Waals surface area contributed by atoms with E-state index in [1.807, 2.05) is 36.1 Å². The van der Waals surface area contributed by atoms with Crippen LogP contribution in [0.5, 0.6) is 5.75 Å². The fourth-order valence-electron chi connectivity index (χ4n) is 4.36. The molecule has 2 aromatic carbocycles. The van der Waals surface area contributed by atoms with Gasteiger partial charge >= 0.3 is 6.03 Å². The molecule has 0 bridgehead atoms. The topological polar surface area (TPSA) is 60.0 Å². The third kappa shape index (κ3) is 3.80. The van der Waals surface area contributed by atoms with Crippen LogP contribution in [0.3, 0.4) is 0 Å². The molecule has 4 rings (SSSR count). The first-order chi connectivity index (χ1) is 13.6. The standard InChI is InChI=1S/C22H28N2O4/c1-16-14-24(15-22(28-16)9-11-27-12-10-22)21(25)23-13-19-18-6-4-3-5-17(18)7-8-20(19)26-2/h3-8,16H,9-15H2,1-2H3,(H,23,25). The number of nitrogens with zero attached hydrogens (tertiary/aromatic N) is 1. The van der Waals surface area contributed by atoms with Crippen molar-refractivity contribution in [1.82, 2.24) is 10.2 Å². The Balaban J connectivity index is 1.49. The highest BCUT2D eigenvalue weighted by Gasteiger charge is 2.42. The van der Waals surface area contributed by atoms with Gasteiger partial charge in [-0.05, 0) is 23.8 Å². The Morgan fingerprint density at radius 1 is 1.25 bits per heavy atom. The van der Waals surface area contributed by atoms with Crippen molar-refractivity contribution >= 4 is 16.8 Å². The van der Waals surface area contributed by atoms with Crippen LogP contribution >= 0.6 is 0 Å². The molecule has 0 aliphatic carbocycles. The second kappa shape index (κ2) is 7.97. The smallest absolute Gasteiger partial charge is 0.317 e. The van der Waals surface area contributed by atoms with Crippen LogP contribution in [-0.2, 0) is 16.0 Å². The third-order valence-electron chi connectivity index (χ3n) is 5.73. The van der Waals surface area contributed by atoms with E-state index in [4.69, 9.17) is 14.2 Å². The lowest BCUT2D eigenvalue weighted by Crippen LogP contribution is -2.60. The quantitative estimate of drug-likeness (QED) is 0.882. The molecule has 1 unspecified atom stereocenters. The summed E-state index contributed by atoms with van der Waals surface area (Å²) in [5.41, 5.74) is 0.723. The van der Waals surface area contributed by atoms with Crippen molar-refractivity contribution in [2.45, 2.75) is 38.0 Å². The van der Waals surface area contributed by atoms with Gasteiger partial charge in [0.05, 0.1) is 25.4 Å². The van der Waals surface area contributed by atoms with Crippen molar-refractivity contribution in [2.75, 3.05) is 33.4 Å². The summed E-state index contributed by atoms with van der Waals surface area (Å²) in [7, 11) is 1.66. The maximum atomic E-state index is 13.0. The van der Waals surface area contributed by atoms with Crippen LogP contribution in [0.25, 0.3) is 10.8 Å². The fraction of sp³-hybridized carbons (Fsp3) is 0.500. The van der Waals surface area contributed by atoms with E-state index < -0.39 is 0 Å². The van der Waals surface area contributed by atoms with E-state index in [0.29, 0.717) is 32.8 Å². The van der Waals surface area contributed by atoms with Crippen LogP contribution in [-0.4, -0.2) is 56.0 Å². The molecule has 150 valence electrons. The lowest BCUT2D eigenvalue weighted by Gasteiger charge is -2.47. The van der Waals surface area contributed by atoms with Crippen LogP contribution in [0.1, 0.15) is 25.3 Å². The van der Waals surface area contributed by atoms with Gasteiger partial charge in [-0.2, -0.15) is 0 Å². The van der Waals surface area contributed by atoms with Gasteiger partial charge in [0.1, 0.15) is 5.75 Å². The Kier molecular flexibility index (Phi) is 5.42. The first kappa shape index (κ1) is 19.0. The summed E-state index contributed by atoms with van der Waals surface area (Å²) in [4.78, 5) is 14.9. The molecule has 1 N–H and O–H groups in total. The van der Waals surface area contributed by atoms with Gasteiger partial charge in [-0.3, -0.25) is 0 Å². The Labute approximate surface area is 165 Å². The molecule has 2 amide bonds. The van der Waals surface area contributed by atoms with E-state index in [9.17, 15) is 4.79 Å². The predicted octanol–water partition coefficient (Wildman–Crippen LogP) is 3.33. The van der Waals surface area contributed by atoms with Crippen molar-refractivity contribution in [3.05, 3.63) is 42.0 Å². The average molecular weight is 384 g/mol. The van der Waals surface area contributed by atoms with Crippen molar-refractivity contribution in [1.29, 1.82) is 0 Å². The Morgan fingerprint density at radius 2 is 2.04 bits per heavy atom. The summed E-state index contributed by atoms with van der Waals surface area (Å²) in [6, 6.07) is 12.1. The van der Waals surface area contributed by atoms with E-state index in [2.05, 4.69) is 17.4 Å². The van der Waals surface area contributed by atoms with Crippen LogP contribution in [0.2, 0.25) is 0 Å². The molecule has 6 nitrogen and oxygen atoms in total. The number of carbonyl (C=O) groups excluding carboxylic acids is 1. The van der Waals surface area contributed by atoms with Crippen LogP contribution in [0.15, 0.2) is 36.4 Å². The van der Waals surface area contributed by atoms with Crippen molar-refractivity contribution in [3.8, 4) is 5.75 Å². The molecule has 6 heteroatoms. The molecular formula is C22H28N2O4. The zero-order valence-electron chi connectivity index (χ0n) is 16.6. The molecule has 0 saturated carbocycles. The Hall–Kier alpha value is -2.31. The van der Waals surface area contributed by atoms with Gasteiger partial charge in [0, 0.05) is 44.7 Å². The predicted molar refractivity (Wildman–Crippen MR) is 108 cm³/mol. The number of ether oxygens (including phenoxy) is 3. The number of amides is 2. The van der Waals surface area contributed by atoms with Gasteiger partial charge in [-0.1, -0.05) is 30.3 Å². The highest BCUT2D eigenvalue weighted by molar-refractivity contribution is 5.88. The molecule has 2 fully saturated rings. The van der Waals surface area contributed by atoms with Crippen LogP contribution in [0.4, 0.5) is 4.79 Å². The molecule has 1 atom stereocenters. The maximum Gasteiger partial charge on any atom is 0.317 e. The number of nitrogens with one attached hydrogen (secondary N) is 1. The van der Waals surface area contributed by atoms with Gasteiger partial charge in [-0.25, -0.2) is 4.79 Å². The summed E-state index contributed by atoms with van der Waals surface area (Å²) in [6.07, 6.45) is 1.68. The normalized spacial score (nSPS) is 21.6. The molecule has 0 radical (unpaired) electrons. The number of hydrogen-bond acceptors (Lipinski definition) is 4. The molecular weight excluding hydrogens is 356 g/mol. The largest absolute Gasteiger partial charge is 0.496 e. The summed E-state index contributed by atoms with van der Waals surface area (Å²) < 4.78 is 17.3. The lowest BCUT2D eigenvalue weighted by molar-refractivity contribution is -0.175. The van der Waals surface area contributed by atoms with Gasteiger partial charge in [0.25, 0.3) is 0 Å². The molecule has 2 aromatic rings. The molecule has 2 saturated heterocycles. The molecule has 28 heavy (non-hydrogen) atoms. The first-order valence-electron chi connectivity index (χ1n) is 9.93. The second-order valence-corrected chi connectivity index (χ2v) is 7.73. The summed E-state index contributed by atoms with van der Waals surface area (Å²) in [6.45, 7) is 5.04. The monoisotopic (exact) mass is 384 g/mol. The highest BCUT2D eigenvalue weighted by atomic mass is 16.5. The summed E-state index contributed by atoms with van der Waals surface area (Å²) in [5, 5.41) is 5.33. The fourth-order valence-corrected chi connectivity index (χ4v) is 4.36. The van der Waals surface area contributed by atoms with Gasteiger partial charge in [0.2, 0.25) is 0 Å². The molecule has 0 aromatic heterocycles.